The number of nitrogens with zero attached hydrogens (tertiary/aromatic N) is 2. The van der Waals surface area contributed by atoms with Crippen LogP contribution in [0.4, 0.5) is 10.2 Å². The average Bonchev–Trinajstić information content (AvgIpc) is 3.16. The minimum Gasteiger partial charge on any atom is -0.369 e. The fourth-order valence-electron chi connectivity index (χ4n) is 3.01. The van der Waals surface area contributed by atoms with Gasteiger partial charge in [0.15, 0.2) is 0 Å². The maximum atomic E-state index is 14.0. The van der Waals surface area contributed by atoms with Crippen LogP contribution in [-0.2, 0) is 12.8 Å². The zero-order valence-corrected chi connectivity index (χ0v) is 14.2. The minimum atomic E-state index is -0.207. The Morgan fingerprint density at radius 1 is 1.12 bits per heavy atom. The fourth-order valence-corrected chi connectivity index (χ4v) is 3.31. The molecule has 6 heteroatoms. The van der Waals surface area contributed by atoms with Crippen molar-refractivity contribution in [3.05, 3.63) is 75.1 Å². The Morgan fingerprint density at radius 3 is 2.75 bits per heavy atom. The number of halogens is 3. The molecule has 0 spiro atoms. The number of aromatic nitrogens is 2. The minimum absolute atomic E-state index is 0.207. The van der Waals surface area contributed by atoms with Gasteiger partial charge < -0.3 is 5.32 Å². The fraction of sp³-hybridized carbons (Fsp3) is 0.167. The van der Waals surface area contributed by atoms with Crippen LogP contribution in [0.2, 0.25) is 10.0 Å². The molecule has 0 fully saturated rings. The summed E-state index contributed by atoms with van der Waals surface area (Å²) in [4.78, 5) is 0. The Hall–Kier alpha value is -2.04. The molecule has 0 radical (unpaired) electrons. The summed E-state index contributed by atoms with van der Waals surface area (Å²) >= 11 is 12.1. The topological polar surface area (TPSA) is 29.9 Å². The van der Waals surface area contributed by atoms with Gasteiger partial charge in [-0.25, -0.2) is 9.07 Å². The number of nitrogens with one attached hydrogen (secondary N) is 1. The molecule has 1 N–H and O–H groups in total. The summed E-state index contributed by atoms with van der Waals surface area (Å²) in [6.45, 7) is 0.846. The molecule has 1 aliphatic rings. The van der Waals surface area contributed by atoms with E-state index in [1.807, 2.05) is 16.8 Å². The molecule has 3 aromatic rings. The lowest BCUT2D eigenvalue weighted by Gasteiger charge is -2.07. The van der Waals surface area contributed by atoms with Crippen LogP contribution in [0.1, 0.15) is 16.8 Å². The van der Waals surface area contributed by atoms with E-state index in [4.69, 9.17) is 28.3 Å². The van der Waals surface area contributed by atoms with Crippen LogP contribution >= 0.6 is 23.2 Å². The molecule has 2 heterocycles. The van der Waals surface area contributed by atoms with E-state index in [-0.39, 0.29) is 5.82 Å². The summed E-state index contributed by atoms with van der Waals surface area (Å²) in [7, 11) is 0. The smallest absolute Gasteiger partial charge is 0.133 e. The van der Waals surface area contributed by atoms with E-state index in [0.717, 1.165) is 35.7 Å². The van der Waals surface area contributed by atoms with Crippen molar-refractivity contribution in [2.75, 3.05) is 11.9 Å². The van der Waals surface area contributed by atoms with Gasteiger partial charge in [-0.05, 0) is 36.2 Å². The van der Waals surface area contributed by atoms with E-state index >= 15 is 0 Å². The average molecular weight is 362 g/mol. The molecule has 0 atom stereocenters. The maximum absolute atomic E-state index is 14.0. The number of anilines is 1. The van der Waals surface area contributed by atoms with Crippen molar-refractivity contribution in [2.45, 2.75) is 12.8 Å². The number of benzene rings is 2. The third kappa shape index (κ3) is 2.66. The van der Waals surface area contributed by atoms with E-state index in [0.29, 0.717) is 22.0 Å². The van der Waals surface area contributed by atoms with Crippen LogP contribution in [0.15, 0.2) is 42.5 Å². The van der Waals surface area contributed by atoms with Gasteiger partial charge in [-0.15, -0.1) is 0 Å². The summed E-state index contributed by atoms with van der Waals surface area (Å²) in [6, 6.07) is 12.2. The number of fused-ring (bicyclic) bond motifs is 1. The first-order valence-corrected chi connectivity index (χ1v) is 8.42. The predicted octanol–water partition coefficient (Wildman–Crippen LogP) is 4.88. The number of hydrogen-bond acceptors (Lipinski definition) is 2. The Labute approximate surface area is 149 Å². The van der Waals surface area contributed by atoms with Crippen LogP contribution < -0.4 is 5.32 Å². The first-order valence-electron chi connectivity index (χ1n) is 7.67. The molecule has 122 valence electrons. The number of hydrogen-bond donors (Lipinski definition) is 1. The van der Waals surface area contributed by atoms with Crippen molar-refractivity contribution in [1.29, 1.82) is 0 Å². The van der Waals surface area contributed by atoms with Gasteiger partial charge in [0.25, 0.3) is 0 Å². The second-order valence-electron chi connectivity index (χ2n) is 5.73. The normalized spacial score (nSPS) is 13.0. The quantitative estimate of drug-likeness (QED) is 0.720. The summed E-state index contributed by atoms with van der Waals surface area (Å²) in [6.07, 6.45) is 1.34. The van der Waals surface area contributed by atoms with Crippen molar-refractivity contribution < 1.29 is 4.39 Å². The lowest BCUT2D eigenvalue weighted by Crippen LogP contribution is -2.05. The van der Waals surface area contributed by atoms with Gasteiger partial charge in [0.05, 0.1) is 21.4 Å². The molecule has 0 aliphatic carbocycles. The van der Waals surface area contributed by atoms with Gasteiger partial charge in [-0.1, -0.05) is 41.4 Å². The van der Waals surface area contributed by atoms with Gasteiger partial charge >= 0.3 is 0 Å². The van der Waals surface area contributed by atoms with Crippen molar-refractivity contribution >= 4 is 29.0 Å². The second-order valence-corrected chi connectivity index (χ2v) is 6.54. The third-order valence-corrected chi connectivity index (χ3v) is 4.94. The van der Waals surface area contributed by atoms with Crippen molar-refractivity contribution in [3.8, 4) is 5.69 Å². The molecule has 0 bridgehead atoms. The highest BCUT2D eigenvalue weighted by atomic mass is 35.5. The van der Waals surface area contributed by atoms with E-state index < -0.39 is 0 Å². The molecule has 24 heavy (non-hydrogen) atoms. The lowest BCUT2D eigenvalue weighted by atomic mass is 10.1. The Morgan fingerprint density at radius 2 is 1.96 bits per heavy atom. The molecule has 1 aromatic heterocycles. The molecule has 1 aliphatic heterocycles. The van der Waals surface area contributed by atoms with Gasteiger partial charge in [0.2, 0.25) is 0 Å². The van der Waals surface area contributed by atoms with Gasteiger partial charge in [0, 0.05) is 18.5 Å². The third-order valence-electron chi connectivity index (χ3n) is 4.20. The van der Waals surface area contributed by atoms with Crippen molar-refractivity contribution in [1.82, 2.24) is 9.78 Å². The van der Waals surface area contributed by atoms with Crippen LogP contribution in [-0.4, -0.2) is 16.3 Å². The van der Waals surface area contributed by atoms with Crippen LogP contribution in [0, 0.1) is 5.82 Å². The zero-order chi connectivity index (χ0) is 16.7. The number of rotatable bonds is 3. The van der Waals surface area contributed by atoms with E-state index in [9.17, 15) is 4.39 Å². The molecule has 0 saturated heterocycles. The largest absolute Gasteiger partial charge is 0.369 e. The first kappa shape index (κ1) is 15.5. The predicted molar refractivity (Wildman–Crippen MR) is 95.0 cm³/mol. The molecular formula is C18H14Cl2FN3. The van der Waals surface area contributed by atoms with Crippen LogP contribution in [0.5, 0.6) is 0 Å². The van der Waals surface area contributed by atoms with Gasteiger partial charge in [0.1, 0.15) is 11.6 Å². The summed E-state index contributed by atoms with van der Waals surface area (Å²) < 4.78 is 15.8. The molecule has 2 aromatic carbocycles. The Bertz CT molecular complexity index is 921. The summed E-state index contributed by atoms with van der Waals surface area (Å²) in [5.41, 5.74) is 3.48. The molecule has 3 nitrogen and oxygen atoms in total. The lowest BCUT2D eigenvalue weighted by molar-refractivity contribution is 0.612. The first-order chi connectivity index (χ1) is 11.6. The highest BCUT2D eigenvalue weighted by Crippen LogP contribution is 2.32. The van der Waals surface area contributed by atoms with E-state index in [1.165, 1.54) is 6.07 Å². The highest BCUT2D eigenvalue weighted by Gasteiger charge is 2.23. The Balaban J connectivity index is 1.77. The summed E-state index contributed by atoms with van der Waals surface area (Å²) in [5.74, 6) is 0.737. The maximum Gasteiger partial charge on any atom is 0.133 e. The SMILES string of the molecule is Fc1ccccc1Cc1nn(-c2ccc(Cl)c(Cl)c2)c2c1CCN2. The molecular weight excluding hydrogens is 348 g/mol. The van der Waals surface area contributed by atoms with E-state index in [1.54, 1.807) is 24.3 Å². The van der Waals surface area contributed by atoms with Crippen LogP contribution in [0.25, 0.3) is 5.69 Å². The molecule has 0 amide bonds. The van der Waals surface area contributed by atoms with Crippen LogP contribution in [0.3, 0.4) is 0 Å². The second kappa shape index (κ2) is 6.11. The van der Waals surface area contributed by atoms with Crippen molar-refractivity contribution in [2.24, 2.45) is 0 Å². The Kier molecular flexibility index (Phi) is 3.94. The van der Waals surface area contributed by atoms with E-state index in [2.05, 4.69) is 5.32 Å². The van der Waals surface area contributed by atoms with Crippen molar-refractivity contribution in [3.63, 3.8) is 0 Å². The highest BCUT2D eigenvalue weighted by molar-refractivity contribution is 6.42. The molecule has 4 rings (SSSR count). The standard InChI is InChI=1S/C18H14Cl2FN3/c19-14-6-5-12(10-15(14)20)24-18-13(7-8-22-18)17(23-24)9-11-3-1-2-4-16(11)21/h1-6,10,22H,7-9H2. The summed E-state index contributed by atoms with van der Waals surface area (Å²) in [5, 5.41) is 9.03. The zero-order valence-electron chi connectivity index (χ0n) is 12.7. The molecule has 0 unspecified atom stereocenters. The monoisotopic (exact) mass is 361 g/mol. The van der Waals surface area contributed by atoms with Gasteiger partial charge in [-0.3, -0.25) is 0 Å². The van der Waals surface area contributed by atoms with Gasteiger partial charge in [-0.2, -0.15) is 5.10 Å². The molecule has 0 saturated carbocycles.